The minimum atomic E-state index is -0.471. The Morgan fingerprint density at radius 3 is 2.76 bits per heavy atom. The molecule has 0 saturated carbocycles. The lowest BCUT2D eigenvalue weighted by atomic mass is 9.95. The van der Waals surface area contributed by atoms with Crippen LogP contribution in [0.3, 0.4) is 0 Å². The predicted octanol–water partition coefficient (Wildman–Crippen LogP) is 1.75. The van der Waals surface area contributed by atoms with Gasteiger partial charge in [0.25, 0.3) is 0 Å². The summed E-state index contributed by atoms with van der Waals surface area (Å²) < 4.78 is 21.5. The highest BCUT2D eigenvalue weighted by molar-refractivity contribution is 5.78. The van der Waals surface area contributed by atoms with E-state index in [1.54, 1.807) is 12.3 Å². The molecule has 11 heteroatoms. The molecule has 0 radical (unpaired) electrons. The number of nitrogens with zero attached hydrogens (tertiary/aromatic N) is 8. The molecule has 3 aromatic rings. The summed E-state index contributed by atoms with van der Waals surface area (Å²) in [6, 6.07) is 6.73. The van der Waals surface area contributed by atoms with E-state index in [4.69, 9.17) is 11.3 Å². The molecule has 0 aliphatic carbocycles. The van der Waals surface area contributed by atoms with Crippen LogP contribution in [-0.4, -0.2) is 80.2 Å². The van der Waals surface area contributed by atoms with E-state index in [2.05, 4.69) is 30.3 Å². The number of fused-ring (bicyclic) bond motifs is 1. The van der Waals surface area contributed by atoms with Crippen molar-refractivity contribution in [1.29, 1.82) is 0 Å². The quantitative estimate of drug-likeness (QED) is 0.533. The zero-order valence-electron chi connectivity index (χ0n) is 18.5. The average molecular weight is 462 g/mol. The smallest absolute Gasteiger partial charge is 0.228 e. The molecule has 0 spiro atoms. The van der Waals surface area contributed by atoms with E-state index in [0.717, 1.165) is 29.9 Å². The van der Waals surface area contributed by atoms with Crippen molar-refractivity contribution in [2.45, 2.75) is 18.9 Å². The first-order valence-corrected chi connectivity index (χ1v) is 11.1. The van der Waals surface area contributed by atoms with E-state index in [0.29, 0.717) is 38.4 Å². The van der Waals surface area contributed by atoms with Gasteiger partial charge in [0.2, 0.25) is 11.6 Å². The Bertz CT molecular complexity index is 1200. The molecule has 2 aromatic heterocycles. The van der Waals surface area contributed by atoms with Crippen LogP contribution in [0.5, 0.6) is 0 Å². The van der Waals surface area contributed by atoms with E-state index >= 15 is 0 Å². The van der Waals surface area contributed by atoms with Crippen LogP contribution in [0.15, 0.2) is 36.8 Å². The van der Waals surface area contributed by atoms with Crippen LogP contribution >= 0.6 is 0 Å². The number of benzene rings is 1. The van der Waals surface area contributed by atoms with Crippen LogP contribution < -0.4 is 0 Å². The number of pyridine rings is 1. The van der Waals surface area contributed by atoms with Gasteiger partial charge in [-0.05, 0) is 46.2 Å². The Morgan fingerprint density at radius 1 is 1.21 bits per heavy atom. The molecule has 174 valence electrons. The third kappa shape index (κ3) is 4.50. The summed E-state index contributed by atoms with van der Waals surface area (Å²) in [5.41, 5.74) is 3.19. The number of halogens is 1. The van der Waals surface area contributed by atoms with Gasteiger partial charge >= 0.3 is 0 Å². The second-order valence-corrected chi connectivity index (χ2v) is 8.31. The molecule has 10 nitrogen and oxygen atoms in total. The van der Waals surface area contributed by atoms with Crippen molar-refractivity contribution in [2.24, 2.45) is 0 Å². The highest BCUT2D eigenvalue weighted by atomic mass is 19.1. The summed E-state index contributed by atoms with van der Waals surface area (Å²) in [6.07, 6.45) is 3.72. The van der Waals surface area contributed by atoms with E-state index in [1.807, 2.05) is 17.0 Å². The van der Waals surface area contributed by atoms with Gasteiger partial charge in [-0.15, -0.1) is 5.10 Å². The van der Waals surface area contributed by atoms with Gasteiger partial charge in [0.15, 0.2) is 0 Å². The van der Waals surface area contributed by atoms with Crippen LogP contribution in [0.2, 0.25) is 0 Å². The second-order valence-electron chi connectivity index (χ2n) is 8.31. The summed E-state index contributed by atoms with van der Waals surface area (Å²) in [6.45, 7) is 11.1. The SMILES string of the molecule is [C-]#[N+]c1c(F)ccc2c1CCOC2CN1CCN(C(=O)Cc2ccc(-n3cnnn3)cn2)CC1. The van der Waals surface area contributed by atoms with Crippen molar-refractivity contribution >= 4 is 11.6 Å². The van der Waals surface area contributed by atoms with E-state index in [9.17, 15) is 9.18 Å². The highest BCUT2D eigenvalue weighted by Gasteiger charge is 2.29. The number of ether oxygens (including phenoxy) is 1. The maximum Gasteiger partial charge on any atom is 0.228 e. The number of carbonyl (C=O) groups is 1. The number of amides is 1. The van der Waals surface area contributed by atoms with Gasteiger partial charge in [-0.25, -0.2) is 9.24 Å². The zero-order chi connectivity index (χ0) is 23.5. The standard InChI is InChI=1S/C23H23FN8O2/c1-25-23-19-6-11-34-21(18(19)4-5-20(23)24)14-30-7-9-31(10-8-30)22(33)12-16-2-3-17(13-26-16)32-15-27-28-29-32/h2-5,13,15,21H,6-12,14H2. The molecule has 1 atom stereocenters. The van der Waals surface area contributed by atoms with Gasteiger partial charge in [-0.1, -0.05) is 6.07 Å². The predicted molar refractivity (Wildman–Crippen MR) is 119 cm³/mol. The van der Waals surface area contributed by atoms with Gasteiger partial charge in [-0.3, -0.25) is 14.7 Å². The summed E-state index contributed by atoms with van der Waals surface area (Å²) in [5, 5.41) is 11.0. The molecule has 5 rings (SSSR count). The lowest BCUT2D eigenvalue weighted by molar-refractivity contribution is -0.132. The van der Waals surface area contributed by atoms with Crippen LogP contribution in [0.1, 0.15) is 22.9 Å². The molecule has 1 amide bonds. The van der Waals surface area contributed by atoms with Crippen molar-refractivity contribution in [1.82, 2.24) is 35.0 Å². The lowest BCUT2D eigenvalue weighted by Gasteiger charge is -2.37. The first-order chi connectivity index (χ1) is 16.6. The molecule has 4 heterocycles. The summed E-state index contributed by atoms with van der Waals surface area (Å²) in [4.78, 5) is 24.7. The Kier molecular flexibility index (Phi) is 6.24. The normalized spacial score (nSPS) is 18.4. The number of hydrogen-bond donors (Lipinski definition) is 0. The molecule has 2 aliphatic heterocycles. The van der Waals surface area contributed by atoms with Gasteiger partial charge in [-0.2, -0.15) is 4.68 Å². The Balaban J connectivity index is 1.15. The van der Waals surface area contributed by atoms with Crippen LogP contribution in [0.4, 0.5) is 10.1 Å². The Labute approximate surface area is 195 Å². The molecule has 1 aromatic carbocycles. The number of rotatable bonds is 5. The van der Waals surface area contributed by atoms with Crippen molar-refractivity contribution in [2.75, 3.05) is 39.3 Å². The summed E-state index contributed by atoms with van der Waals surface area (Å²) in [5.74, 6) is -0.431. The first kappa shape index (κ1) is 22.1. The van der Waals surface area contributed by atoms with Crippen LogP contribution in [-0.2, 0) is 22.4 Å². The molecule has 34 heavy (non-hydrogen) atoms. The zero-order valence-corrected chi connectivity index (χ0v) is 18.5. The molecule has 2 aliphatic rings. The van der Waals surface area contributed by atoms with Crippen LogP contribution in [0.25, 0.3) is 10.5 Å². The largest absolute Gasteiger partial charge is 0.372 e. The van der Waals surface area contributed by atoms with Crippen LogP contribution in [0, 0.1) is 12.4 Å². The van der Waals surface area contributed by atoms with Crippen molar-refractivity contribution in [3.8, 4) is 5.69 Å². The van der Waals surface area contributed by atoms with E-state index < -0.39 is 5.82 Å². The molecule has 0 N–H and O–H groups in total. The Morgan fingerprint density at radius 2 is 2.06 bits per heavy atom. The van der Waals surface area contributed by atoms with Crippen molar-refractivity contribution in [3.05, 3.63) is 70.8 Å². The molecule has 1 fully saturated rings. The minimum absolute atomic E-state index is 0.0405. The van der Waals surface area contributed by atoms with E-state index in [1.165, 1.54) is 17.1 Å². The van der Waals surface area contributed by atoms with Gasteiger partial charge in [0.1, 0.15) is 12.1 Å². The van der Waals surface area contributed by atoms with Crippen molar-refractivity contribution < 1.29 is 13.9 Å². The van der Waals surface area contributed by atoms with E-state index in [-0.39, 0.29) is 24.1 Å². The molecular formula is C23H23FN8O2. The number of aromatic nitrogens is 5. The summed E-state index contributed by atoms with van der Waals surface area (Å²) >= 11 is 0. The van der Waals surface area contributed by atoms with Gasteiger partial charge in [0.05, 0.1) is 37.6 Å². The maximum absolute atomic E-state index is 14.0. The van der Waals surface area contributed by atoms with Gasteiger partial charge < -0.3 is 9.64 Å². The molecule has 1 saturated heterocycles. The second kappa shape index (κ2) is 9.62. The van der Waals surface area contributed by atoms with Crippen molar-refractivity contribution in [3.63, 3.8) is 0 Å². The molecule has 0 bridgehead atoms. The number of hydrogen-bond acceptors (Lipinski definition) is 7. The fourth-order valence-electron chi connectivity index (χ4n) is 4.47. The van der Waals surface area contributed by atoms with Gasteiger partial charge in [0, 0.05) is 38.4 Å². The highest BCUT2D eigenvalue weighted by Crippen LogP contribution is 2.36. The molecular weight excluding hydrogens is 439 g/mol. The summed E-state index contributed by atoms with van der Waals surface area (Å²) in [7, 11) is 0. The fraction of sp³-hybridized carbons (Fsp3) is 0.391. The fourth-order valence-corrected chi connectivity index (χ4v) is 4.47. The Hall–Kier alpha value is -3.75. The third-order valence-electron chi connectivity index (χ3n) is 6.30. The minimum Gasteiger partial charge on any atom is -0.372 e. The number of tetrazole rings is 1. The maximum atomic E-state index is 14.0. The molecule has 1 unspecified atom stereocenters. The third-order valence-corrected chi connectivity index (χ3v) is 6.30. The number of piperazine rings is 1. The average Bonchev–Trinajstić information content (AvgIpc) is 3.40. The monoisotopic (exact) mass is 462 g/mol. The lowest BCUT2D eigenvalue weighted by Crippen LogP contribution is -2.50. The number of carbonyl (C=O) groups excluding carboxylic acids is 1. The topological polar surface area (TPSA) is 93.6 Å². The first-order valence-electron chi connectivity index (χ1n) is 11.1.